The first kappa shape index (κ1) is 39.9. The highest BCUT2D eigenvalue weighted by molar-refractivity contribution is 6.00. The summed E-state index contributed by atoms with van der Waals surface area (Å²) >= 11 is 0. The molecule has 2 aromatic rings. The second kappa shape index (κ2) is 17.0. The number of cyclic esters (lactones) is 1. The summed E-state index contributed by atoms with van der Waals surface area (Å²) in [6.45, 7) is 12.1. The molecule has 6 rings (SSSR count). The Morgan fingerprint density at radius 2 is 1.43 bits per heavy atom. The predicted molar refractivity (Wildman–Crippen MR) is 210 cm³/mol. The summed E-state index contributed by atoms with van der Waals surface area (Å²) in [5, 5.41) is 21.4. The maximum atomic E-state index is 15.5. The third kappa shape index (κ3) is 8.71. The molecule has 10 nitrogen and oxygen atoms in total. The molecule has 2 aromatic carbocycles. The second-order valence-corrected chi connectivity index (χ2v) is 17.8. The summed E-state index contributed by atoms with van der Waals surface area (Å²) < 4.78 is 5.62. The Hall–Kier alpha value is -3.73. The molecular formula is C44H62N4O6. The zero-order valence-corrected chi connectivity index (χ0v) is 32.9. The van der Waals surface area contributed by atoms with Gasteiger partial charge in [0.05, 0.1) is 12.1 Å². The lowest BCUT2D eigenvalue weighted by atomic mass is 9.66. The normalized spacial score (nSPS) is 23.6. The van der Waals surface area contributed by atoms with Crippen LogP contribution in [-0.4, -0.2) is 118 Å². The number of carbonyl (C=O) groups is 3. The van der Waals surface area contributed by atoms with Crippen LogP contribution in [-0.2, 0) is 14.3 Å². The monoisotopic (exact) mass is 742 g/mol. The van der Waals surface area contributed by atoms with Gasteiger partial charge in [-0.15, -0.1) is 0 Å². The Kier molecular flexibility index (Phi) is 12.5. The zero-order valence-electron chi connectivity index (χ0n) is 32.9. The van der Waals surface area contributed by atoms with Crippen molar-refractivity contribution in [3.8, 4) is 0 Å². The number of benzene rings is 2. The van der Waals surface area contributed by atoms with Crippen LogP contribution < -0.4 is 0 Å². The largest absolute Gasteiger partial charge is 0.447 e. The van der Waals surface area contributed by atoms with E-state index in [1.807, 2.05) is 105 Å². The molecule has 294 valence electrons. The topological polar surface area (TPSA) is 114 Å². The maximum absolute atomic E-state index is 15.5. The summed E-state index contributed by atoms with van der Waals surface area (Å²) in [7, 11) is 0. The van der Waals surface area contributed by atoms with Crippen molar-refractivity contribution in [3.05, 3.63) is 77.9 Å². The molecule has 4 fully saturated rings. The highest BCUT2D eigenvalue weighted by Crippen LogP contribution is 2.49. The Morgan fingerprint density at radius 1 is 0.833 bits per heavy atom. The van der Waals surface area contributed by atoms with Crippen molar-refractivity contribution in [1.82, 2.24) is 19.6 Å². The lowest BCUT2D eigenvalue weighted by molar-refractivity contribution is -0.183. The van der Waals surface area contributed by atoms with E-state index in [0.29, 0.717) is 19.0 Å². The van der Waals surface area contributed by atoms with E-state index in [2.05, 4.69) is 4.90 Å². The number of aliphatic hydroxyl groups excluding tert-OH is 2. The second-order valence-electron chi connectivity index (χ2n) is 17.8. The molecular weight excluding hydrogens is 681 g/mol. The molecule has 0 bridgehead atoms. The van der Waals surface area contributed by atoms with Crippen molar-refractivity contribution in [2.24, 2.45) is 16.7 Å². The average molecular weight is 743 g/mol. The number of rotatable bonds is 15. The SMILES string of the molecule is CC(C)(CO)CC(CC(C)(C)CO)(C(=O)N1CCC(CCN2CCCCC2)CC1)N1C(=O)C(N2C(=O)OC[C@@H]2c2ccccc2)C1C=Cc1ccccc1. The Balaban J connectivity index is 1.38. The van der Waals surface area contributed by atoms with Crippen LogP contribution in [0.5, 0.6) is 0 Å². The minimum atomic E-state index is -1.41. The fourth-order valence-electron chi connectivity index (χ4n) is 9.36. The standard InChI is InChI=1S/C44H62N4O6/c1-42(2,31-49)29-44(30-43(3,4)32-50,40(52)46-26-21-34(22-27-46)20-25-45-23-12-7-13-24-45)48-36(19-18-33-14-8-5-9-15-33)38(39(48)51)47-37(28-54-41(47)53)35-16-10-6-11-17-35/h5-6,8-11,14-19,34,36-38,49-50H,7,12-13,20-32H2,1-4H3/t36?,37-,38?/m1/s1. The zero-order chi connectivity index (χ0) is 38.5. The van der Waals surface area contributed by atoms with Crippen LogP contribution in [0, 0.1) is 16.7 Å². The van der Waals surface area contributed by atoms with Gasteiger partial charge in [0.25, 0.3) is 0 Å². The van der Waals surface area contributed by atoms with Crippen molar-refractivity contribution in [3.63, 3.8) is 0 Å². The predicted octanol–water partition coefficient (Wildman–Crippen LogP) is 6.14. The first-order valence-electron chi connectivity index (χ1n) is 20.2. The molecule has 10 heteroatoms. The Labute approximate surface area is 322 Å². The third-order valence-corrected chi connectivity index (χ3v) is 12.3. The van der Waals surface area contributed by atoms with Crippen LogP contribution in [0.1, 0.15) is 96.2 Å². The van der Waals surface area contributed by atoms with Gasteiger partial charge < -0.3 is 29.6 Å². The summed E-state index contributed by atoms with van der Waals surface area (Å²) in [6, 6.07) is 17.3. The van der Waals surface area contributed by atoms with Gasteiger partial charge in [0.1, 0.15) is 18.2 Å². The molecule has 54 heavy (non-hydrogen) atoms. The van der Waals surface area contributed by atoms with Crippen LogP contribution >= 0.6 is 0 Å². The number of hydrogen-bond donors (Lipinski definition) is 2. The summed E-state index contributed by atoms with van der Waals surface area (Å²) in [4.78, 5) is 52.0. The van der Waals surface area contributed by atoms with E-state index in [1.54, 1.807) is 9.80 Å². The molecule has 3 atom stereocenters. The number of β-lactam (4-membered cyclic amide) rings is 1. The van der Waals surface area contributed by atoms with Gasteiger partial charge in [-0.2, -0.15) is 0 Å². The maximum Gasteiger partial charge on any atom is 0.411 e. The van der Waals surface area contributed by atoms with E-state index < -0.39 is 40.6 Å². The smallest absolute Gasteiger partial charge is 0.411 e. The highest BCUT2D eigenvalue weighted by Gasteiger charge is 2.65. The molecule has 4 saturated heterocycles. The highest BCUT2D eigenvalue weighted by atomic mass is 16.6. The van der Waals surface area contributed by atoms with Gasteiger partial charge in [-0.05, 0) is 92.5 Å². The van der Waals surface area contributed by atoms with Gasteiger partial charge >= 0.3 is 6.09 Å². The van der Waals surface area contributed by atoms with E-state index >= 15 is 9.59 Å². The molecule has 2 N–H and O–H groups in total. The van der Waals surface area contributed by atoms with E-state index in [1.165, 1.54) is 32.4 Å². The van der Waals surface area contributed by atoms with E-state index in [9.17, 15) is 15.0 Å². The molecule has 4 aliphatic heterocycles. The van der Waals surface area contributed by atoms with Gasteiger partial charge in [-0.25, -0.2) is 4.79 Å². The molecule has 4 aliphatic rings. The number of aliphatic hydroxyl groups is 2. The Bertz CT molecular complexity index is 1580. The number of likely N-dealkylation sites (tertiary alicyclic amines) is 3. The van der Waals surface area contributed by atoms with Crippen LogP contribution in [0.4, 0.5) is 4.79 Å². The quantitative estimate of drug-likeness (QED) is 0.211. The van der Waals surface area contributed by atoms with Crippen LogP contribution in [0.2, 0.25) is 0 Å². The van der Waals surface area contributed by atoms with Gasteiger partial charge in [0, 0.05) is 26.3 Å². The molecule has 0 aromatic heterocycles. The first-order chi connectivity index (χ1) is 25.9. The molecule has 2 unspecified atom stereocenters. The number of carbonyl (C=O) groups excluding carboxylic acids is 3. The lowest BCUT2D eigenvalue weighted by Crippen LogP contribution is -2.79. The van der Waals surface area contributed by atoms with Crippen molar-refractivity contribution in [1.29, 1.82) is 0 Å². The molecule has 0 aliphatic carbocycles. The van der Waals surface area contributed by atoms with E-state index in [4.69, 9.17) is 4.74 Å². The van der Waals surface area contributed by atoms with E-state index in [-0.39, 0.29) is 44.5 Å². The fraction of sp³-hybridized carbons (Fsp3) is 0.614. The number of piperidine rings is 2. The van der Waals surface area contributed by atoms with Crippen molar-refractivity contribution in [2.45, 2.75) is 103 Å². The molecule has 3 amide bonds. The fourth-order valence-corrected chi connectivity index (χ4v) is 9.36. The minimum absolute atomic E-state index is 0.119. The van der Waals surface area contributed by atoms with Crippen LogP contribution in [0.15, 0.2) is 66.7 Å². The van der Waals surface area contributed by atoms with Gasteiger partial charge in [0.2, 0.25) is 11.8 Å². The van der Waals surface area contributed by atoms with Gasteiger partial charge in [-0.1, -0.05) is 107 Å². The number of ether oxygens (including phenoxy) is 1. The molecule has 0 radical (unpaired) electrons. The Morgan fingerprint density at radius 3 is 2.02 bits per heavy atom. The third-order valence-electron chi connectivity index (χ3n) is 12.3. The van der Waals surface area contributed by atoms with Gasteiger partial charge in [-0.3, -0.25) is 14.5 Å². The average Bonchev–Trinajstić information content (AvgIpc) is 3.56. The van der Waals surface area contributed by atoms with Crippen LogP contribution in [0.3, 0.4) is 0 Å². The number of hydrogen-bond acceptors (Lipinski definition) is 7. The van der Waals surface area contributed by atoms with Crippen molar-refractivity contribution in [2.75, 3.05) is 52.5 Å². The minimum Gasteiger partial charge on any atom is -0.447 e. The lowest BCUT2D eigenvalue weighted by Gasteiger charge is -2.60. The van der Waals surface area contributed by atoms with E-state index in [0.717, 1.165) is 36.9 Å². The summed E-state index contributed by atoms with van der Waals surface area (Å²) in [5.74, 6) is 0.0547. The molecule has 0 saturated carbocycles. The number of nitrogens with zero attached hydrogens (tertiary/aromatic N) is 4. The van der Waals surface area contributed by atoms with Crippen LogP contribution in [0.25, 0.3) is 6.08 Å². The summed E-state index contributed by atoms with van der Waals surface area (Å²) in [5.41, 5.74) is -1.11. The molecule has 0 spiro atoms. The molecule has 4 heterocycles. The van der Waals surface area contributed by atoms with Gasteiger partial charge in [0.15, 0.2) is 0 Å². The first-order valence-corrected chi connectivity index (χ1v) is 20.2. The number of amides is 3. The van der Waals surface area contributed by atoms with Crippen molar-refractivity contribution >= 4 is 24.0 Å². The summed E-state index contributed by atoms with van der Waals surface area (Å²) in [6.07, 6.45) is 10.5. The van der Waals surface area contributed by atoms with Crippen molar-refractivity contribution < 1.29 is 29.3 Å².